The summed E-state index contributed by atoms with van der Waals surface area (Å²) in [6, 6.07) is 0. The van der Waals surface area contributed by atoms with E-state index in [9.17, 15) is 9.90 Å². The molecule has 0 aromatic heterocycles. The number of hydrogen-bond donors (Lipinski definition) is 0. The standard InChI is InChI=1S/C6H12O3/c1-2-3-4-9-5-6(7)8/h2-5H2,1H3,(H,7,8)/p-1. The smallest absolute Gasteiger partial charge is 0.0861 e. The molecule has 0 atom stereocenters. The maximum atomic E-state index is 9.73. The molecule has 0 bridgehead atoms. The topological polar surface area (TPSA) is 49.4 Å². The highest BCUT2D eigenvalue weighted by molar-refractivity contribution is 5.65. The first-order valence-electron chi connectivity index (χ1n) is 3.05. The first-order valence-corrected chi connectivity index (χ1v) is 3.05. The molecule has 0 amide bonds. The quantitative estimate of drug-likeness (QED) is 0.475. The van der Waals surface area contributed by atoms with Gasteiger partial charge in [-0.05, 0) is 6.42 Å². The molecule has 0 saturated heterocycles. The second-order valence-corrected chi connectivity index (χ2v) is 1.78. The van der Waals surface area contributed by atoms with Crippen LogP contribution in [0.1, 0.15) is 19.8 Å². The van der Waals surface area contributed by atoms with E-state index in [1.165, 1.54) is 0 Å². The van der Waals surface area contributed by atoms with Crippen molar-refractivity contribution in [2.75, 3.05) is 13.2 Å². The van der Waals surface area contributed by atoms with Crippen LogP contribution in [0.2, 0.25) is 0 Å². The van der Waals surface area contributed by atoms with Crippen molar-refractivity contribution in [2.24, 2.45) is 0 Å². The van der Waals surface area contributed by atoms with Crippen LogP contribution in [0.3, 0.4) is 0 Å². The number of unbranched alkanes of at least 4 members (excludes halogenated alkanes) is 1. The molecule has 0 aromatic carbocycles. The Hall–Kier alpha value is -0.570. The Balaban J connectivity index is 2.83. The van der Waals surface area contributed by atoms with Crippen LogP contribution >= 0.6 is 0 Å². The fourth-order valence-electron chi connectivity index (χ4n) is 0.402. The van der Waals surface area contributed by atoms with Gasteiger partial charge in [-0.25, -0.2) is 0 Å². The van der Waals surface area contributed by atoms with E-state index >= 15 is 0 Å². The van der Waals surface area contributed by atoms with E-state index in [1.807, 2.05) is 6.92 Å². The minimum atomic E-state index is -1.15. The van der Waals surface area contributed by atoms with Crippen LogP contribution in [0.15, 0.2) is 0 Å². The van der Waals surface area contributed by atoms with E-state index in [2.05, 4.69) is 4.74 Å². The van der Waals surface area contributed by atoms with E-state index in [-0.39, 0.29) is 6.61 Å². The van der Waals surface area contributed by atoms with Crippen LogP contribution in [-0.4, -0.2) is 19.2 Å². The van der Waals surface area contributed by atoms with Crippen LogP contribution in [0, 0.1) is 0 Å². The van der Waals surface area contributed by atoms with Gasteiger partial charge in [-0.2, -0.15) is 0 Å². The summed E-state index contributed by atoms with van der Waals surface area (Å²) in [5, 5.41) is 9.73. The van der Waals surface area contributed by atoms with Gasteiger partial charge in [0.05, 0.1) is 12.6 Å². The van der Waals surface area contributed by atoms with Gasteiger partial charge in [0.15, 0.2) is 0 Å². The van der Waals surface area contributed by atoms with Crippen molar-refractivity contribution in [1.82, 2.24) is 0 Å². The summed E-state index contributed by atoms with van der Waals surface area (Å²) in [7, 11) is 0. The highest BCUT2D eigenvalue weighted by Gasteiger charge is 1.85. The van der Waals surface area contributed by atoms with Gasteiger partial charge in [0.2, 0.25) is 0 Å². The molecule has 0 saturated carbocycles. The molecule has 0 fully saturated rings. The Morgan fingerprint density at radius 2 is 2.33 bits per heavy atom. The van der Waals surface area contributed by atoms with Gasteiger partial charge in [0.1, 0.15) is 0 Å². The summed E-state index contributed by atoms with van der Waals surface area (Å²) in [4.78, 5) is 9.73. The molecule has 0 spiro atoms. The molecule has 0 aliphatic rings. The SMILES string of the molecule is CCCCOCC(=O)[O-]. The summed E-state index contributed by atoms with van der Waals surface area (Å²) >= 11 is 0. The number of carbonyl (C=O) groups is 1. The van der Waals surface area contributed by atoms with Crippen LogP contribution in [0.5, 0.6) is 0 Å². The number of carboxylic acid groups (broad SMARTS) is 1. The highest BCUT2D eigenvalue weighted by atomic mass is 16.5. The molecule has 3 heteroatoms. The molecule has 3 nitrogen and oxygen atoms in total. The molecule has 9 heavy (non-hydrogen) atoms. The molecule has 54 valence electrons. The lowest BCUT2D eigenvalue weighted by Crippen LogP contribution is -2.27. The van der Waals surface area contributed by atoms with Crippen molar-refractivity contribution in [1.29, 1.82) is 0 Å². The predicted molar refractivity (Wildman–Crippen MR) is 30.7 cm³/mol. The van der Waals surface area contributed by atoms with Crippen molar-refractivity contribution in [3.8, 4) is 0 Å². The minimum Gasteiger partial charge on any atom is -0.548 e. The lowest BCUT2D eigenvalue weighted by Gasteiger charge is -2.01. The third-order valence-electron chi connectivity index (χ3n) is 0.862. The monoisotopic (exact) mass is 131 g/mol. The zero-order valence-electron chi connectivity index (χ0n) is 5.55. The maximum Gasteiger partial charge on any atom is 0.0861 e. The molecule has 0 radical (unpaired) electrons. The molecular formula is C6H11O3-. The first-order chi connectivity index (χ1) is 4.27. The molecule has 0 aliphatic heterocycles. The lowest BCUT2D eigenvalue weighted by atomic mass is 10.4. The van der Waals surface area contributed by atoms with E-state index in [4.69, 9.17) is 0 Å². The molecular weight excluding hydrogens is 120 g/mol. The Kier molecular flexibility index (Phi) is 5.21. The average Bonchev–Trinajstić information content (AvgIpc) is 1.80. The molecule has 0 aromatic rings. The molecule has 0 aliphatic carbocycles. The van der Waals surface area contributed by atoms with E-state index < -0.39 is 5.97 Å². The number of ether oxygens (including phenoxy) is 1. The van der Waals surface area contributed by atoms with Gasteiger partial charge in [0.25, 0.3) is 0 Å². The lowest BCUT2D eigenvalue weighted by molar-refractivity contribution is -0.309. The largest absolute Gasteiger partial charge is 0.548 e. The Labute approximate surface area is 54.6 Å². The van der Waals surface area contributed by atoms with Crippen molar-refractivity contribution in [3.05, 3.63) is 0 Å². The van der Waals surface area contributed by atoms with Crippen molar-refractivity contribution in [3.63, 3.8) is 0 Å². The van der Waals surface area contributed by atoms with E-state index in [1.54, 1.807) is 0 Å². The van der Waals surface area contributed by atoms with Gasteiger partial charge < -0.3 is 14.6 Å². The van der Waals surface area contributed by atoms with Gasteiger partial charge in [-0.3, -0.25) is 0 Å². The fraction of sp³-hybridized carbons (Fsp3) is 0.833. The van der Waals surface area contributed by atoms with E-state index in [0.29, 0.717) is 6.61 Å². The summed E-state index contributed by atoms with van der Waals surface area (Å²) in [6.07, 6.45) is 1.93. The molecule has 0 heterocycles. The van der Waals surface area contributed by atoms with Crippen LogP contribution in [0.4, 0.5) is 0 Å². The zero-order valence-corrected chi connectivity index (χ0v) is 5.55. The average molecular weight is 131 g/mol. The molecule has 0 rings (SSSR count). The number of carbonyl (C=O) groups excluding carboxylic acids is 1. The normalized spacial score (nSPS) is 9.44. The Bertz CT molecular complexity index is 80.4. The van der Waals surface area contributed by atoms with E-state index in [0.717, 1.165) is 12.8 Å². The highest BCUT2D eigenvalue weighted by Crippen LogP contribution is 1.85. The number of rotatable bonds is 5. The first kappa shape index (κ1) is 8.43. The summed E-state index contributed by atoms with van der Waals surface area (Å²) < 4.78 is 4.67. The van der Waals surface area contributed by atoms with Gasteiger partial charge >= 0.3 is 0 Å². The Morgan fingerprint density at radius 3 is 2.78 bits per heavy atom. The minimum absolute atomic E-state index is 0.278. The van der Waals surface area contributed by atoms with Gasteiger partial charge in [0, 0.05) is 6.61 Å². The predicted octanol–water partition coefficient (Wildman–Crippen LogP) is -0.447. The fourth-order valence-corrected chi connectivity index (χ4v) is 0.402. The van der Waals surface area contributed by atoms with Crippen LogP contribution in [0.25, 0.3) is 0 Å². The third kappa shape index (κ3) is 7.43. The van der Waals surface area contributed by atoms with Crippen LogP contribution < -0.4 is 5.11 Å². The van der Waals surface area contributed by atoms with Crippen LogP contribution in [-0.2, 0) is 9.53 Å². The molecule has 0 unspecified atom stereocenters. The van der Waals surface area contributed by atoms with Gasteiger partial charge in [-0.15, -0.1) is 0 Å². The zero-order chi connectivity index (χ0) is 7.11. The summed E-state index contributed by atoms with van der Waals surface area (Å²) in [5.74, 6) is -1.15. The maximum absolute atomic E-state index is 9.73. The number of carboxylic acids is 1. The van der Waals surface area contributed by atoms with Crippen molar-refractivity contribution < 1.29 is 14.6 Å². The third-order valence-corrected chi connectivity index (χ3v) is 0.862. The second kappa shape index (κ2) is 5.56. The second-order valence-electron chi connectivity index (χ2n) is 1.78. The summed E-state index contributed by atoms with van der Waals surface area (Å²) in [5.41, 5.74) is 0. The summed E-state index contributed by atoms with van der Waals surface area (Å²) in [6.45, 7) is 2.26. The Morgan fingerprint density at radius 1 is 1.67 bits per heavy atom. The van der Waals surface area contributed by atoms with Gasteiger partial charge in [-0.1, -0.05) is 13.3 Å². The van der Waals surface area contributed by atoms with Crippen molar-refractivity contribution >= 4 is 5.97 Å². The number of aliphatic carboxylic acids is 1. The number of hydrogen-bond acceptors (Lipinski definition) is 3. The molecule has 0 N–H and O–H groups in total. The van der Waals surface area contributed by atoms with Crippen molar-refractivity contribution in [2.45, 2.75) is 19.8 Å².